The van der Waals surface area contributed by atoms with E-state index >= 15 is 0 Å². The summed E-state index contributed by atoms with van der Waals surface area (Å²) in [5.74, 6) is 0.573. The lowest BCUT2D eigenvalue weighted by molar-refractivity contribution is -0.152. The highest BCUT2D eigenvalue weighted by molar-refractivity contribution is 7.13. The molecule has 0 amide bonds. The van der Waals surface area contributed by atoms with Crippen LogP contribution in [0.1, 0.15) is 42.6 Å². The summed E-state index contributed by atoms with van der Waals surface area (Å²) in [5.41, 5.74) is 0.610. The molecular formula is C19H18N2O5S. The van der Waals surface area contributed by atoms with Gasteiger partial charge in [-0.1, -0.05) is 13.0 Å². The molecule has 0 fully saturated rings. The van der Waals surface area contributed by atoms with Crippen LogP contribution in [0.25, 0.3) is 10.8 Å². The van der Waals surface area contributed by atoms with Crippen LogP contribution in [0.2, 0.25) is 0 Å². The van der Waals surface area contributed by atoms with E-state index in [2.05, 4.69) is 10.2 Å². The highest BCUT2D eigenvalue weighted by Crippen LogP contribution is 2.25. The molecular weight excluding hydrogens is 368 g/mol. The maximum Gasteiger partial charge on any atom is 0.344 e. The van der Waals surface area contributed by atoms with Crippen molar-refractivity contribution in [3.05, 3.63) is 53.2 Å². The Kier molecular flexibility index (Phi) is 5.97. The lowest BCUT2D eigenvalue weighted by atomic mass is 10.1. The Bertz CT molecular complexity index is 903. The Labute approximate surface area is 159 Å². The van der Waals surface area contributed by atoms with E-state index in [4.69, 9.17) is 13.9 Å². The number of nitrogens with zero attached hydrogens (tertiary/aromatic N) is 2. The van der Waals surface area contributed by atoms with Gasteiger partial charge in [0.1, 0.15) is 5.75 Å². The molecule has 1 atom stereocenters. The van der Waals surface area contributed by atoms with Crippen LogP contribution in [0.4, 0.5) is 0 Å². The van der Waals surface area contributed by atoms with E-state index in [0.717, 1.165) is 4.88 Å². The number of aromatic nitrogens is 2. The summed E-state index contributed by atoms with van der Waals surface area (Å²) >= 11 is 1.48. The summed E-state index contributed by atoms with van der Waals surface area (Å²) in [6.07, 6.45) is -0.249. The van der Waals surface area contributed by atoms with Crippen molar-refractivity contribution in [3.63, 3.8) is 0 Å². The maximum absolute atomic E-state index is 12.0. The van der Waals surface area contributed by atoms with Crippen LogP contribution in [0.5, 0.6) is 5.75 Å². The van der Waals surface area contributed by atoms with Crippen molar-refractivity contribution in [2.45, 2.75) is 26.4 Å². The van der Waals surface area contributed by atoms with Gasteiger partial charge in [0.25, 0.3) is 11.8 Å². The predicted molar refractivity (Wildman–Crippen MR) is 98.7 cm³/mol. The molecule has 3 aromatic rings. The number of hydrogen-bond donors (Lipinski definition) is 0. The Morgan fingerprint density at radius 3 is 2.63 bits per heavy atom. The molecule has 0 radical (unpaired) electrons. The number of thiophene rings is 1. The van der Waals surface area contributed by atoms with Crippen LogP contribution in [0.15, 0.2) is 46.2 Å². The lowest BCUT2D eigenvalue weighted by Gasteiger charge is -2.10. The van der Waals surface area contributed by atoms with Crippen LogP contribution >= 0.6 is 11.3 Å². The summed E-state index contributed by atoms with van der Waals surface area (Å²) in [6.45, 7) is 3.18. The topological polar surface area (TPSA) is 91.5 Å². The van der Waals surface area contributed by atoms with Crippen molar-refractivity contribution in [2.75, 3.05) is 6.61 Å². The molecule has 0 saturated carbocycles. The third-order valence-corrected chi connectivity index (χ3v) is 4.54. The molecule has 3 rings (SSSR count). The van der Waals surface area contributed by atoms with Crippen molar-refractivity contribution in [1.82, 2.24) is 10.2 Å². The van der Waals surface area contributed by atoms with Gasteiger partial charge >= 0.3 is 5.97 Å². The summed E-state index contributed by atoms with van der Waals surface area (Å²) in [7, 11) is 0. The lowest BCUT2D eigenvalue weighted by Crippen LogP contribution is -2.17. The van der Waals surface area contributed by atoms with Crippen molar-refractivity contribution in [1.29, 1.82) is 0 Å². The molecule has 2 aromatic heterocycles. The van der Waals surface area contributed by atoms with Gasteiger partial charge in [-0.05, 0) is 42.6 Å². The first-order valence-corrected chi connectivity index (χ1v) is 9.27. The first kappa shape index (κ1) is 18.8. The average Bonchev–Trinajstić information content (AvgIpc) is 3.37. The first-order chi connectivity index (χ1) is 13.1. The van der Waals surface area contributed by atoms with E-state index < -0.39 is 12.1 Å². The Morgan fingerprint density at radius 2 is 1.96 bits per heavy atom. The van der Waals surface area contributed by atoms with Crippen molar-refractivity contribution in [2.24, 2.45) is 0 Å². The van der Waals surface area contributed by atoms with Crippen molar-refractivity contribution >= 4 is 23.1 Å². The van der Waals surface area contributed by atoms with Crippen LogP contribution in [-0.2, 0) is 9.53 Å². The molecule has 0 aliphatic carbocycles. The van der Waals surface area contributed by atoms with Crippen LogP contribution in [0, 0.1) is 0 Å². The molecule has 0 bridgehead atoms. The van der Waals surface area contributed by atoms with Gasteiger partial charge in [0, 0.05) is 12.0 Å². The fraction of sp³-hybridized carbons (Fsp3) is 0.263. The quantitative estimate of drug-likeness (QED) is 0.425. The number of carbonyl (C=O) groups excluding carboxylic acids is 2. The van der Waals surface area contributed by atoms with Crippen LogP contribution in [-0.4, -0.2) is 28.6 Å². The maximum atomic E-state index is 12.0. The van der Waals surface area contributed by atoms with Crippen LogP contribution in [0.3, 0.4) is 0 Å². The van der Waals surface area contributed by atoms with Gasteiger partial charge in [-0.15, -0.1) is 21.5 Å². The summed E-state index contributed by atoms with van der Waals surface area (Å²) < 4.78 is 16.2. The Morgan fingerprint density at radius 1 is 1.19 bits per heavy atom. The highest BCUT2D eigenvalue weighted by Gasteiger charge is 2.19. The van der Waals surface area contributed by atoms with Gasteiger partial charge in [-0.3, -0.25) is 4.79 Å². The molecule has 27 heavy (non-hydrogen) atoms. The fourth-order valence-electron chi connectivity index (χ4n) is 2.26. The second-order valence-corrected chi connectivity index (χ2v) is 6.59. The molecule has 0 spiro atoms. The van der Waals surface area contributed by atoms with Crippen molar-refractivity contribution < 1.29 is 23.5 Å². The molecule has 1 aromatic carbocycles. The summed E-state index contributed by atoms with van der Waals surface area (Å²) in [6, 6.07) is 10.4. The zero-order chi connectivity index (χ0) is 19.2. The van der Waals surface area contributed by atoms with E-state index in [1.807, 2.05) is 17.5 Å². The smallest absolute Gasteiger partial charge is 0.344 e. The molecule has 0 saturated heterocycles. The molecule has 2 heterocycles. The van der Waals surface area contributed by atoms with E-state index in [-0.39, 0.29) is 18.3 Å². The SMILES string of the molecule is CCC(=O)c1ccc(OCC(=O)O[C@@H](C)c2nnc(-c3cccs3)o2)cc1. The fourth-order valence-corrected chi connectivity index (χ4v) is 2.91. The number of carbonyl (C=O) groups is 2. The van der Waals surface area contributed by atoms with Gasteiger partial charge in [-0.2, -0.15) is 0 Å². The van der Waals surface area contributed by atoms with Gasteiger partial charge in [0.15, 0.2) is 18.5 Å². The second kappa shape index (κ2) is 8.59. The molecule has 8 heteroatoms. The standard InChI is InChI=1S/C19H18N2O5S/c1-3-15(22)13-6-8-14(9-7-13)24-11-17(23)25-12(2)18-20-21-19(26-18)16-5-4-10-27-16/h4-10,12H,3,11H2,1-2H3/t12-/m0/s1. The molecule has 0 aliphatic rings. The number of ketones is 1. The number of Topliss-reactive ketones (excluding diaryl/α,β-unsaturated/α-hetero) is 1. The molecule has 140 valence electrons. The molecule has 0 unspecified atom stereocenters. The van der Waals surface area contributed by atoms with E-state index in [0.29, 0.717) is 23.6 Å². The van der Waals surface area contributed by atoms with E-state index in [1.54, 1.807) is 38.1 Å². The largest absolute Gasteiger partial charge is 0.482 e. The normalized spacial score (nSPS) is 11.8. The second-order valence-electron chi connectivity index (χ2n) is 5.64. The van der Waals surface area contributed by atoms with Crippen LogP contribution < -0.4 is 4.74 Å². The van der Waals surface area contributed by atoms with Gasteiger partial charge in [0.05, 0.1) is 4.88 Å². The Balaban J connectivity index is 1.51. The minimum atomic E-state index is -0.688. The third kappa shape index (κ3) is 4.79. The zero-order valence-corrected chi connectivity index (χ0v) is 15.7. The third-order valence-electron chi connectivity index (χ3n) is 3.68. The van der Waals surface area contributed by atoms with Crippen molar-refractivity contribution in [3.8, 4) is 16.5 Å². The number of hydrogen-bond acceptors (Lipinski definition) is 8. The molecule has 7 nitrogen and oxygen atoms in total. The summed E-state index contributed by atoms with van der Waals surface area (Å²) in [4.78, 5) is 24.4. The van der Waals surface area contributed by atoms with E-state index in [9.17, 15) is 9.59 Å². The number of esters is 1. The monoisotopic (exact) mass is 386 g/mol. The minimum absolute atomic E-state index is 0.0521. The minimum Gasteiger partial charge on any atom is -0.482 e. The Hall–Kier alpha value is -3.00. The van der Waals surface area contributed by atoms with Gasteiger partial charge in [0.2, 0.25) is 0 Å². The number of rotatable bonds is 8. The molecule has 0 aliphatic heterocycles. The zero-order valence-electron chi connectivity index (χ0n) is 14.9. The summed E-state index contributed by atoms with van der Waals surface area (Å²) in [5, 5.41) is 9.78. The van der Waals surface area contributed by atoms with Gasteiger partial charge in [-0.25, -0.2) is 4.79 Å². The number of ether oxygens (including phenoxy) is 2. The van der Waals surface area contributed by atoms with E-state index in [1.165, 1.54) is 11.3 Å². The first-order valence-electron chi connectivity index (χ1n) is 8.39. The average molecular weight is 386 g/mol. The molecule has 0 N–H and O–H groups in total. The highest BCUT2D eigenvalue weighted by atomic mass is 32.1. The predicted octanol–water partition coefficient (Wildman–Crippen LogP) is 4.07. The van der Waals surface area contributed by atoms with Gasteiger partial charge < -0.3 is 13.9 Å². The number of benzene rings is 1.